The first-order valence-electron chi connectivity index (χ1n) is 22.3. The standard InChI is InChI=1S/C61H47N3S/c1-4-41(2)49-23-15-16-32-58(49)65-42(3)43-33-37-46(38-34-43)50-24-11-12-25-51(50)52-28-17-30-54-53(52)29-18-31-55(54)56-26-13-14-27-57(56)61-63-59(47-21-9-6-10-22-47)62-60(64-61)48-39-35-45(36-40-48)44-19-7-5-8-20-44/h5-41H,3-4H2,1-2H3/t41-/m0/s1. The van der Waals surface area contributed by atoms with Crippen LogP contribution < -0.4 is 0 Å². The fraction of sp³-hybridized carbons (Fsp3) is 0.0656. The third-order valence-corrected chi connectivity index (χ3v) is 13.4. The number of aromatic nitrogens is 3. The molecule has 9 aromatic carbocycles. The van der Waals surface area contributed by atoms with Crippen LogP contribution in [0, 0.1) is 0 Å². The second kappa shape index (κ2) is 18.6. The van der Waals surface area contributed by atoms with Crippen molar-refractivity contribution in [1.29, 1.82) is 0 Å². The number of hydrogen-bond acceptors (Lipinski definition) is 4. The van der Waals surface area contributed by atoms with Crippen LogP contribution in [-0.4, -0.2) is 15.0 Å². The summed E-state index contributed by atoms with van der Waals surface area (Å²) >= 11 is 1.76. The largest absolute Gasteiger partial charge is 0.208 e. The molecule has 65 heavy (non-hydrogen) atoms. The number of nitrogens with zero attached hydrogens (tertiary/aromatic N) is 3. The lowest BCUT2D eigenvalue weighted by Crippen LogP contribution is -2.01. The lowest BCUT2D eigenvalue weighted by molar-refractivity contribution is 0.719. The molecule has 1 atom stereocenters. The molecule has 0 saturated carbocycles. The zero-order valence-corrected chi connectivity index (χ0v) is 37.3. The average molecular weight is 854 g/mol. The topological polar surface area (TPSA) is 38.7 Å². The Morgan fingerprint density at radius 2 is 0.831 bits per heavy atom. The highest BCUT2D eigenvalue weighted by Gasteiger charge is 2.19. The van der Waals surface area contributed by atoms with Crippen molar-refractivity contribution in [3.8, 4) is 78.7 Å². The van der Waals surface area contributed by atoms with Crippen LogP contribution in [0.15, 0.2) is 230 Å². The summed E-state index contributed by atoms with van der Waals surface area (Å²) in [6.45, 7) is 9.05. The van der Waals surface area contributed by atoms with E-state index in [4.69, 9.17) is 15.0 Å². The second-order valence-electron chi connectivity index (χ2n) is 16.4. The lowest BCUT2D eigenvalue weighted by Gasteiger charge is -2.17. The number of fused-ring (bicyclic) bond motifs is 1. The summed E-state index contributed by atoms with van der Waals surface area (Å²) in [7, 11) is 0. The van der Waals surface area contributed by atoms with E-state index in [1.807, 2.05) is 24.3 Å². The lowest BCUT2D eigenvalue weighted by atomic mass is 9.88. The Kier molecular flexibility index (Phi) is 11.8. The van der Waals surface area contributed by atoms with Gasteiger partial charge in [0.1, 0.15) is 0 Å². The van der Waals surface area contributed by atoms with Crippen LogP contribution in [0.1, 0.15) is 37.3 Å². The van der Waals surface area contributed by atoms with Crippen molar-refractivity contribution in [3.05, 3.63) is 236 Å². The molecule has 0 aliphatic rings. The van der Waals surface area contributed by atoms with E-state index in [-0.39, 0.29) is 0 Å². The maximum absolute atomic E-state index is 5.20. The normalized spacial score (nSPS) is 11.7. The van der Waals surface area contributed by atoms with Crippen LogP contribution in [0.4, 0.5) is 0 Å². The van der Waals surface area contributed by atoms with Gasteiger partial charge in [0.15, 0.2) is 17.5 Å². The molecule has 10 rings (SSSR count). The van der Waals surface area contributed by atoms with Crippen LogP contribution in [0.5, 0.6) is 0 Å². The van der Waals surface area contributed by atoms with E-state index < -0.39 is 0 Å². The van der Waals surface area contributed by atoms with Gasteiger partial charge in [0.25, 0.3) is 0 Å². The molecule has 0 saturated heterocycles. The monoisotopic (exact) mass is 853 g/mol. The summed E-state index contributed by atoms with van der Waals surface area (Å²) < 4.78 is 0. The second-order valence-corrected chi connectivity index (χ2v) is 17.5. The van der Waals surface area contributed by atoms with Gasteiger partial charge in [-0.3, -0.25) is 0 Å². The van der Waals surface area contributed by atoms with Gasteiger partial charge < -0.3 is 0 Å². The van der Waals surface area contributed by atoms with E-state index >= 15 is 0 Å². The molecular weight excluding hydrogens is 807 g/mol. The van der Waals surface area contributed by atoms with Gasteiger partial charge in [0.05, 0.1) is 0 Å². The zero-order chi connectivity index (χ0) is 44.1. The summed E-state index contributed by atoms with van der Waals surface area (Å²) in [6, 6.07) is 77.1. The van der Waals surface area contributed by atoms with Gasteiger partial charge in [-0.25, -0.2) is 15.0 Å². The van der Waals surface area contributed by atoms with Crippen molar-refractivity contribution in [1.82, 2.24) is 15.0 Å². The minimum Gasteiger partial charge on any atom is -0.208 e. The van der Waals surface area contributed by atoms with Crippen molar-refractivity contribution in [2.24, 2.45) is 0 Å². The smallest absolute Gasteiger partial charge is 0.164 e. The van der Waals surface area contributed by atoms with Crippen LogP contribution >= 0.6 is 11.8 Å². The number of rotatable bonds is 12. The van der Waals surface area contributed by atoms with E-state index in [9.17, 15) is 0 Å². The van der Waals surface area contributed by atoms with Gasteiger partial charge in [-0.15, -0.1) is 0 Å². The number of benzene rings is 9. The molecule has 312 valence electrons. The molecule has 0 amide bonds. The van der Waals surface area contributed by atoms with Crippen molar-refractivity contribution < 1.29 is 0 Å². The van der Waals surface area contributed by atoms with Crippen LogP contribution in [0.2, 0.25) is 0 Å². The molecule has 0 spiro atoms. The maximum atomic E-state index is 5.20. The van der Waals surface area contributed by atoms with Crippen LogP contribution in [0.3, 0.4) is 0 Å². The molecule has 1 heterocycles. The Morgan fingerprint density at radius 3 is 1.45 bits per heavy atom. The number of hydrogen-bond donors (Lipinski definition) is 0. The van der Waals surface area contributed by atoms with Gasteiger partial charge in [-0.1, -0.05) is 245 Å². The summed E-state index contributed by atoms with van der Waals surface area (Å²) in [5, 5.41) is 2.33. The Bertz CT molecular complexity index is 3290. The molecule has 0 aliphatic carbocycles. The third kappa shape index (κ3) is 8.57. The molecule has 4 heteroatoms. The maximum Gasteiger partial charge on any atom is 0.164 e. The summed E-state index contributed by atoms with van der Waals surface area (Å²) in [4.78, 5) is 17.7. The average Bonchev–Trinajstić information content (AvgIpc) is 3.38. The van der Waals surface area contributed by atoms with E-state index in [1.165, 1.54) is 38.1 Å². The van der Waals surface area contributed by atoms with Gasteiger partial charge >= 0.3 is 0 Å². The molecule has 10 aromatic rings. The molecule has 0 bridgehead atoms. The van der Waals surface area contributed by atoms with Gasteiger partial charge in [-0.05, 0) is 84.8 Å². The highest BCUT2D eigenvalue weighted by Crippen LogP contribution is 2.43. The predicted molar refractivity (Wildman–Crippen MR) is 275 cm³/mol. The van der Waals surface area contributed by atoms with Gasteiger partial charge in [0.2, 0.25) is 0 Å². The van der Waals surface area contributed by atoms with Crippen molar-refractivity contribution in [3.63, 3.8) is 0 Å². The summed E-state index contributed by atoms with van der Waals surface area (Å²) in [5.41, 5.74) is 14.5. The highest BCUT2D eigenvalue weighted by molar-refractivity contribution is 8.08. The quantitative estimate of drug-likeness (QED) is 0.115. The molecule has 0 unspecified atom stereocenters. The van der Waals surface area contributed by atoms with Crippen LogP contribution in [-0.2, 0) is 0 Å². The molecule has 0 N–H and O–H groups in total. The molecule has 0 aliphatic heterocycles. The predicted octanol–water partition coefficient (Wildman–Crippen LogP) is 17.0. The summed E-state index contributed by atoms with van der Waals surface area (Å²) in [6.07, 6.45) is 1.10. The minimum absolute atomic E-state index is 0.497. The Hall–Kier alpha value is -7.66. The van der Waals surface area contributed by atoms with Gasteiger partial charge in [-0.2, -0.15) is 0 Å². The van der Waals surface area contributed by atoms with Gasteiger partial charge in [0, 0.05) is 26.5 Å². The Labute approximate surface area is 386 Å². The van der Waals surface area contributed by atoms with E-state index in [2.05, 4.69) is 215 Å². The molecule has 0 fully saturated rings. The first-order valence-corrected chi connectivity index (χ1v) is 23.1. The Morgan fingerprint density at radius 1 is 0.400 bits per heavy atom. The van der Waals surface area contributed by atoms with Crippen molar-refractivity contribution in [2.75, 3.05) is 0 Å². The third-order valence-electron chi connectivity index (χ3n) is 12.3. The zero-order valence-electron chi connectivity index (χ0n) is 36.5. The summed E-state index contributed by atoms with van der Waals surface area (Å²) in [5.74, 6) is 2.38. The first-order chi connectivity index (χ1) is 32.0. The van der Waals surface area contributed by atoms with Crippen molar-refractivity contribution in [2.45, 2.75) is 31.1 Å². The van der Waals surface area contributed by atoms with Crippen molar-refractivity contribution >= 4 is 27.4 Å². The fourth-order valence-corrected chi connectivity index (χ4v) is 9.73. The molecule has 1 aromatic heterocycles. The fourth-order valence-electron chi connectivity index (χ4n) is 8.67. The SMILES string of the molecule is C=C(Sc1ccccc1[C@@H](C)CC)c1ccc(-c2ccccc2-c2cccc3c(-c4ccccc4-c4nc(-c5ccccc5)nc(-c5ccc(-c6ccccc6)cc5)n4)cccc23)cc1. The highest BCUT2D eigenvalue weighted by atomic mass is 32.2. The number of thioether (sulfide) groups is 1. The van der Waals surface area contributed by atoms with E-state index in [0.717, 1.165) is 61.2 Å². The molecular formula is C61H47N3S. The van der Waals surface area contributed by atoms with E-state index in [1.54, 1.807) is 11.8 Å². The van der Waals surface area contributed by atoms with E-state index in [0.29, 0.717) is 23.4 Å². The molecule has 3 nitrogen and oxygen atoms in total. The molecule has 0 radical (unpaired) electrons. The minimum atomic E-state index is 0.497. The first kappa shape index (κ1) is 41.4. The van der Waals surface area contributed by atoms with Crippen LogP contribution in [0.25, 0.3) is 94.3 Å². The Balaban J connectivity index is 1.02.